The van der Waals surface area contributed by atoms with Crippen molar-refractivity contribution in [3.05, 3.63) is 0 Å². The molecule has 3 atom stereocenters. The second-order valence-corrected chi connectivity index (χ2v) is 7.94. The third kappa shape index (κ3) is 2.53. The molecule has 2 unspecified atom stereocenters. The smallest absolute Gasteiger partial charge is 0.240 e. The molecule has 5 nitrogen and oxygen atoms in total. The summed E-state index contributed by atoms with van der Waals surface area (Å²) < 4.78 is 0. The van der Waals surface area contributed by atoms with Gasteiger partial charge in [-0.05, 0) is 62.2 Å². The number of carbonyl (C=O) groups excluding carboxylic acids is 1. The average molecular weight is 305 g/mol. The van der Waals surface area contributed by atoms with E-state index in [1.54, 1.807) is 4.90 Å². The number of nitrogens with two attached hydrogens (primary N) is 1. The molecule has 1 amide bonds. The number of hydrogen-bond acceptors (Lipinski definition) is 4. The van der Waals surface area contributed by atoms with Crippen LogP contribution in [0.5, 0.6) is 0 Å². The highest BCUT2D eigenvalue weighted by Crippen LogP contribution is 2.62. The Morgan fingerprint density at radius 1 is 1.41 bits per heavy atom. The zero-order valence-electron chi connectivity index (χ0n) is 13.4. The van der Waals surface area contributed by atoms with Crippen molar-refractivity contribution >= 4 is 5.91 Å². The van der Waals surface area contributed by atoms with Crippen LogP contribution < -0.4 is 5.73 Å². The van der Waals surface area contributed by atoms with Crippen molar-refractivity contribution in [3.63, 3.8) is 0 Å². The van der Waals surface area contributed by atoms with Crippen molar-refractivity contribution < 1.29 is 9.90 Å². The number of amides is 1. The Labute approximate surface area is 132 Å². The van der Waals surface area contributed by atoms with Gasteiger partial charge in [-0.1, -0.05) is 6.92 Å². The number of nitriles is 1. The lowest BCUT2D eigenvalue weighted by Crippen LogP contribution is -2.64. The molecule has 22 heavy (non-hydrogen) atoms. The molecule has 0 spiro atoms. The van der Waals surface area contributed by atoms with E-state index in [2.05, 4.69) is 6.07 Å². The maximum atomic E-state index is 12.8. The van der Waals surface area contributed by atoms with E-state index in [0.29, 0.717) is 24.8 Å². The van der Waals surface area contributed by atoms with Gasteiger partial charge >= 0.3 is 0 Å². The fraction of sp³-hybridized carbons (Fsp3) is 0.882. The lowest BCUT2D eigenvalue weighted by atomic mass is 9.46. The van der Waals surface area contributed by atoms with Crippen LogP contribution in [0.1, 0.15) is 51.9 Å². The Bertz CT molecular complexity index is 485. The monoisotopic (exact) mass is 305 g/mol. The van der Waals surface area contributed by atoms with E-state index in [1.165, 1.54) is 6.42 Å². The molecule has 0 radical (unpaired) electrons. The first kappa shape index (κ1) is 15.8. The van der Waals surface area contributed by atoms with Gasteiger partial charge in [0.25, 0.3) is 0 Å². The topological polar surface area (TPSA) is 90.4 Å². The van der Waals surface area contributed by atoms with Crippen molar-refractivity contribution in [3.8, 4) is 6.07 Å². The third-order valence-corrected chi connectivity index (χ3v) is 6.07. The molecule has 0 aromatic carbocycles. The molecule has 0 aromatic heterocycles. The molecule has 122 valence electrons. The second-order valence-electron chi connectivity index (χ2n) is 7.94. The number of nitrogens with zero attached hydrogens (tertiary/aromatic N) is 2. The van der Waals surface area contributed by atoms with E-state index in [4.69, 9.17) is 11.0 Å². The number of rotatable bonds is 5. The Morgan fingerprint density at radius 2 is 2.05 bits per heavy atom. The summed E-state index contributed by atoms with van der Waals surface area (Å²) in [5.41, 5.74) is 5.57. The van der Waals surface area contributed by atoms with Crippen molar-refractivity contribution in [2.24, 2.45) is 23.0 Å². The Hall–Kier alpha value is -1.12. The van der Waals surface area contributed by atoms with Gasteiger partial charge in [0.2, 0.25) is 5.91 Å². The molecule has 4 fully saturated rings. The minimum Gasteiger partial charge on any atom is -0.390 e. The van der Waals surface area contributed by atoms with Crippen molar-refractivity contribution in [1.82, 2.24) is 4.90 Å². The Kier molecular flexibility index (Phi) is 3.94. The number of hydrogen-bond donors (Lipinski definition) is 2. The first-order valence-corrected chi connectivity index (χ1v) is 8.55. The molecular formula is C17H27N3O2. The molecule has 0 aliphatic heterocycles. The van der Waals surface area contributed by atoms with Crippen LogP contribution in [0.2, 0.25) is 0 Å². The molecular weight excluding hydrogens is 278 g/mol. The SMILES string of the molecule is CCCN(CC#N)C(=O)[C@@H](N)C12CC3CC(CC(O)(C3)C1)C2. The highest BCUT2D eigenvalue weighted by atomic mass is 16.3. The molecule has 0 aromatic rings. The minimum atomic E-state index is -0.604. The predicted molar refractivity (Wildman–Crippen MR) is 82.5 cm³/mol. The van der Waals surface area contributed by atoms with Crippen molar-refractivity contribution in [1.29, 1.82) is 5.26 Å². The summed E-state index contributed by atoms with van der Waals surface area (Å²) in [4.78, 5) is 14.4. The molecule has 3 N–H and O–H groups in total. The van der Waals surface area contributed by atoms with Gasteiger partial charge in [-0.25, -0.2) is 0 Å². The van der Waals surface area contributed by atoms with Crippen LogP contribution in [-0.4, -0.2) is 40.6 Å². The number of carbonyl (C=O) groups is 1. The van der Waals surface area contributed by atoms with Crippen LogP contribution in [0.25, 0.3) is 0 Å². The standard InChI is InChI=1S/C17H27N3O2/c1-2-4-20(5-3-18)15(21)14(19)16-7-12-6-13(8-16)10-17(22,9-12)11-16/h12-14,22H,2,4-11,19H2,1H3/t12?,13?,14-,16?,17?/m1/s1. The van der Waals surface area contributed by atoms with Crippen molar-refractivity contribution in [2.45, 2.75) is 63.5 Å². The van der Waals surface area contributed by atoms with E-state index in [-0.39, 0.29) is 17.9 Å². The summed E-state index contributed by atoms with van der Waals surface area (Å²) in [6.07, 6.45) is 6.35. The molecule has 0 saturated heterocycles. The molecule has 4 bridgehead atoms. The van der Waals surface area contributed by atoms with E-state index >= 15 is 0 Å². The zero-order chi connectivity index (χ0) is 16.0. The minimum absolute atomic E-state index is 0.103. The largest absolute Gasteiger partial charge is 0.390 e. The van der Waals surface area contributed by atoms with E-state index in [9.17, 15) is 9.90 Å². The summed E-state index contributed by atoms with van der Waals surface area (Å²) in [5.74, 6) is 0.926. The van der Waals surface area contributed by atoms with Gasteiger partial charge in [0, 0.05) is 6.54 Å². The van der Waals surface area contributed by atoms with Gasteiger partial charge in [0.05, 0.1) is 17.7 Å². The Morgan fingerprint density at radius 3 is 2.55 bits per heavy atom. The first-order valence-electron chi connectivity index (χ1n) is 8.55. The normalized spacial score (nSPS) is 40.3. The molecule has 4 aliphatic carbocycles. The fourth-order valence-electron chi connectivity index (χ4n) is 5.73. The summed E-state index contributed by atoms with van der Waals surface area (Å²) in [7, 11) is 0. The second kappa shape index (κ2) is 5.50. The number of aliphatic hydroxyl groups is 1. The average Bonchev–Trinajstić information content (AvgIpc) is 2.43. The lowest BCUT2D eigenvalue weighted by molar-refractivity contribution is -0.177. The zero-order valence-corrected chi connectivity index (χ0v) is 13.4. The first-order chi connectivity index (χ1) is 10.4. The van der Waals surface area contributed by atoms with Crippen LogP contribution in [0.3, 0.4) is 0 Å². The van der Waals surface area contributed by atoms with Crippen LogP contribution >= 0.6 is 0 Å². The van der Waals surface area contributed by atoms with E-state index < -0.39 is 11.6 Å². The van der Waals surface area contributed by atoms with Gasteiger partial charge in [-0.2, -0.15) is 5.26 Å². The van der Waals surface area contributed by atoms with Gasteiger partial charge in [-0.15, -0.1) is 0 Å². The summed E-state index contributed by atoms with van der Waals surface area (Å²) in [6, 6.07) is 1.49. The maximum absolute atomic E-state index is 12.8. The molecule has 4 aliphatic rings. The molecule has 5 heteroatoms. The van der Waals surface area contributed by atoms with Gasteiger partial charge < -0.3 is 15.7 Å². The summed E-state index contributed by atoms with van der Waals surface area (Å²) in [6.45, 7) is 2.68. The van der Waals surface area contributed by atoms with Gasteiger partial charge in [0.1, 0.15) is 6.54 Å². The fourth-order valence-corrected chi connectivity index (χ4v) is 5.73. The van der Waals surface area contributed by atoms with Crippen molar-refractivity contribution in [2.75, 3.05) is 13.1 Å². The van der Waals surface area contributed by atoms with Gasteiger partial charge in [0.15, 0.2) is 0 Å². The predicted octanol–water partition coefficient (Wildman–Crippen LogP) is 1.41. The highest BCUT2D eigenvalue weighted by molar-refractivity contribution is 5.83. The van der Waals surface area contributed by atoms with E-state index in [1.807, 2.05) is 6.92 Å². The van der Waals surface area contributed by atoms with Crippen LogP contribution in [-0.2, 0) is 4.79 Å². The van der Waals surface area contributed by atoms with Crippen LogP contribution in [0, 0.1) is 28.6 Å². The lowest BCUT2D eigenvalue weighted by Gasteiger charge is -2.61. The third-order valence-electron chi connectivity index (χ3n) is 6.07. The van der Waals surface area contributed by atoms with E-state index in [0.717, 1.165) is 32.1 Å². The summed E-state index contributed by atoms with van der Waals surface area (Å²) >= 11 is 0. The molecule has 4 rings (SSSR count). The van der Waals surface area contributed by atoms with Crippen LogP contribution in [0.15, 0.2) is 0 Å². The quantitative estimate of drug-likeness (QED) is 0.751. The molecule has 4 saturated carbocycles. The Balaban J connectivity index is 1.80. The summed E-state index contributed by atoms with van der Waals surface area (Å²) in [5, 5.41) is 19.8. The maximum Gasteiger partial charge on any atom is 0.240 e. The van der Waals surface area contributed by atoms with Crippen LogP contribution in [0.4, 0.5) is 0 Å². The highest BCUT2D eigenvalue weighted by Gasteiger charge is 2.60. The van der Waals surface area contributed by atoms with Gasteiger partial charge in [-0.3, -0.25) is 4.79 Å². The molecule has 0 heterocycles.